The number of hydrogen-bond donors (Lipinski definition) is 1. The molecule has 0 amide bonds. The van der Waals surface area contributed by atoms with Crippen molar-refractivity contribution < 1.29 is 4.84 Å². The molecule has 1 saturated heterocycles. The van der Waals surface area contributed by atoms with Gasteiger partial charge in [0.05, 0.1) is 0 Å². The molecular formula is C4H10ClNO. The molecule has 0 bridgehead atoms. The standard InChI is InChI=1S/C4H9NO.ClH/c1-2-3-4-5-6-4;/h4-5H,2-3H2,1H3;1H. The van der Waals surface area contributed by atoms with E-state index in [-0.39, 0.29) is 12.4 Å². The van der Waals surface area contributed by atoms with E-state index in [0.717, 1.165) is 6.42 Å². The van der Waals surface area contributed by atoms with Crippen LogP contribution in [0.2, 0.25) is 0 Å². The molecule has 1 aliphatic heterocycles. The minimum Gasteiger partial charge on any atom is -0.278 e. The Morgan fingerprint density at radius 1 is 1.71 bits per heavy atom. The van der Waals surface area contributed by atoms with E-state index in [1.807, 2.05) is 0 Å². The SMILES string of the molecule is CCCC1NO1.Cl. The van der Waals surface area contributed by atoms with Gasteiger partial charge in [0.15, 0.2) is 6.23 Å². The van der Waals surface area contributed by atoms with Gasteiger partial charge in [-0.2, -0.15) is 5.48 Å². The quantitative estimate of drug-likeness (QED) is 0.558. The Bertz CT molecular complexity index is 47.0. The van der Waals surface area contributed by atoms with Crippen LogP contribution >= 0.6 is 12.4 Å². The van der Waals surface area contributed by atoms with Crippen LogP contribution in [0.4, 0.5) is 0 Å². The summed E-state index contributed by atoms with van der Waals surface area (Å²) < 4.78 is 0. The highest BCUT2D eigenvalue weighted by atomic mass is 35.5. The molecule has 1 N–H and O–H groups in total. The Morgan fingerprint density at radius 2 is 2.29 bits per heavy atom. The fourth-order valence-corrected chi connectivity index (χ4v) is 0.428. The van der Waals surface area contributed by atoms with Crippen LogP contribution in [0.1, 0.15) is 19.8 Å². The van der Waals surface area contributed by atoms with Crippen LogP contribution in [-0.2, 0) is 4.84 Å². The number of nitrogens with one attached hydrogen (secondary N) is 1. The highest BCUT2D eigenvalue weighted by molar-refractivity contribution is 5.85. The van der Waals surface area contributed by atoms with Gasteiger partial charge >= 0.3 is 0 Å². The van der Waals surface area contributed by atoms with Crippen molar-refractivity contribution in [2.45, 2.75) is 26.0 Å². The van der Waals surface area contributed by atoms with Crippen LogP contribution in [0.25, 0.3) is 0 Å². The van der Waals surface area contributed by atoms with E-state index in [0.29, 0.717) is 6.23 Å². The van der Waals surface area contributed by atoms with Gasteiger partial charge in [-0.3, -0.25) is 4.84 Å². The maximum atomic E-state index is 4.70. The molecule has 1 atom stereocenters. The van der Waals surface area contributed by atoms with Crippen LogP contribution < -0.4 is 5.48 Å². The molecule has 1 heterocycles. The minimum atomic E-state index is 0. The van der Waals surface area contributed by atoms with Crippen LogP contribution in [-0.4, -0.2) is 6.23 Å². The van der Waals surface area contributed by atoms with Gasteiger partial charge in [0, 0.05) is 0 Å². The topological polar surface area (TPSA) is 34.5 Å². The first-order chi connectivity index (χ1) is 2.93. The maximum absolute atomic E-state index is 4.70. The van der Waals surface area contributed by atoms with Crippen molar-refractivity contribution in [2.75, 3.05) is 0 Å². The molecule has 0 aliphatic carbocycles. The Hall–Kier alpha value is 0.210. The molecular weight excluding hydrogens is 114 g/mol. The predicted molar refractivity (Wildman–Crippen MR) is 30.2 cm³/mol. The molecule has 1 fully saturated rings. The summed E-state index contributed by atoms with van der Waals surface area (Å²) in [5, 5.41) is 0. The third-order valence-electron chi connectivity index (χ3n) is 0.835. The summed E-state index contributed by atoms with van der Waals surface area (Å²) in [6.07, 6.45) is 2.76. The molecule has 0 radical (unpaired) electrons. The van der Waals surface area contributed by atoms with Gasteiger partial charge in [-0.05, 0) is 6.42 Å². The fourth-order valence-electron chi connectivity index (χ4n) is 0.428. The van der Waals surface area contributed by atoms with Gasteiger partial charge in [-0.1, -0.05) is 13.3 Å². The smallest absolute Gasteiger partial charge is 0.151 e. The molecule has 2 nitrogen and oxygen atoms in total. The highest BCUT2D eigenvalue weighted by Crippen LogP contribution is 2.06. The number of hydroxylamine groups is 1. The summed E-state index contributed by atoms with van der Waals surface area (Å²) in [4.78, 5) is 4.70. The van der Waals surface area contributed by atoms with Crippen LogP contribution in [0.5, 0.6) is 0 Å². The zero-order chi connectivity index (χ0) is 4.41. The maximum Gasteiger partial charge on any atom is 0.151 e. The summed E-state index contributed by atoms with van der Waals surface area (Å²) in [5.74, 6) is 0. The first-order valence-corrected chi connectivity index (χ1v) is 2.34. The molecule has 3 heteroatoms. The summed E-state index contributed by atoms with van der Waals surface area (Å²) in [7, 11) is 0. The van der Waals surface area contributed by atoms with Crippen molar-refractivity contribution in [2.24, 2.45) is 0 Å². The van der Waals surface area contributed by atoms with Crippen molar-refractivity contribution in [1.29, 1.82) is 0 Å². The summed E-state index contributed by atoms with van der Waals surface area (Å²) in [5.41, 5.74) is 2.74. The van der Waals surface area contributed by atoms with Crippen molar-refractivity contribution in [1.82, 2.24) is 5.48 Å². The average molecular weight is 124 g/mol. The van der Waals surface area contributed by atoms with Gasteiger partial charge < -0.3 is 0 Å². The van der Waals surface area contributed by atoms with Crippen molar-refractivity contribution in [3.05, 3.63) is 0 Å². The summed E-state index contributed by atoms with van der Waals surface area (Å²) in [6, 6.07) is 0. The minimum absolute atomic E-state index is 0. The lowest BCUT2D eigenvalue weighted by molar-refractivity contribution is 0.362. The van der Waals surface area contributed by atoms with E-state index in [1.54, 1.807) is 0 Å². The predicted octanol–water partition coefficient (Wildman–Crippen LogP) is 1.07. The number of rotatable bonds is 2. The number of halogens is 1. The Kier molecular flexibility index (Phi) is 3.34. The van der Waals surface area contributed by atoms with E-state index < -0.39 is 0 Å². The second-order valence-corrected chi connectivity index (χ2v) is 1.51. The van der Waals surface area contributed by atoms with Gasteiger partial charge in [0.2, 0.25) is 0 Å². The Morgan fingerprint density at radius 3 is 2.43 bits per heavy atom. The van der Waals surface area contributed by atoms with Crippen molar-refractivity contribution >= 4 is 12.4 Å². The second kappa shape index (κ2) is 3.24. The van der Waals surface area contributed by atoms with Gasteiger partial charge in [-0.15, -0.1) is 12.4 Å². The molecule has 1 aliphatic rings. The van der Waals surface area contributed by atoms with Gasteiger partial charge in [0.25, 0.3) is 0 Å². The van der Waals surface area contributed by atoms with Crippen LogP contribution in [0.3, 0.4) is 0 Å². The first kappa shape index (κ1) is 7.21. The third-order valence-corrected chi connectivity index (χ3v) is 0.835. The van der Waals surface area contributed by atoms with E-state index in [1.165, 1.54) is 6.42 Å². The molecule has 1 unspecified atom stereocenters. The second-order valence-electron chi connectivity index (χ2n) is 1.51. The lowest BCUT2D eigenvalue weighted by Crippen LogP contribution is -1.85. The van der Waals surface area contributed by atoms with E-state index in [9.17, 15) is 0 Å². The van der Waals surface area contributed by atoms with Gasteiger partial charge in [-0.25, -0.2) is 0 Å². The zero-order valence-electron chi connectivity index (χ0n) is 4.31. The third kappa shape index (κ3) is 2.85. The first-order valence-electron chi connectivity index (χ1n) is 2.34. The number of hydrogen-bond acceptors (Lipinski definition) is 2. The van der Waals surface area contributed by atoms with Crippen molar-refractivity contribution in [3.8, 4) is 0 Å². The molecule has 0 aromatic rings. The lowest BCUT2D eigenvalue weighted by atomic mass is 10.3. The molecule has 7 heavy (non-hydrogen) atoms. The average Bonchev–Trinajstić information content (AvgIpc) is 2.21. The van der Waals surface area contributed by atoms with E-state index in [2.05, 4.69) is 12.4 Å². The van der Waals surface area contributed by atoms with E-state index in [4.69, 9.17) is 4.84 Å². The largest absolute Gasteiger partial charge is 0.278 e. The molecule has 0 aromatic carbocycles. The molecule has 0 aromatic heterocycles. The molecule has 0 saturated carbocycles. The Balaban J connectivity index is 0.000000360. The summed E-state index contributed by atoms with van der Waals surface area (Å²) >= 11 is 0. The van der Waals surface area contributed by atoms with Crippen LogP contribution in [0.15, 0.2) is 0 Å². The molecule has 44 valence electrons. The van der Waals surface area contributed by atoms with Crippen molar-refractivity contribution in [3.63, 3.8) is 0 Å². The zero-order valence-corrected chi connectivity index (χ0v) is 5.12. The van der Waals surface area contributed by atoms with Crippen LogP contribution in [0, 0.1) is 0 Å². The normalized spacial score (nSPS) is 26.1. The monoisotopic (exact) mass is 123 g/mol. The fraction of sp³-hybridized carbons (Fsp3) is 1.00. The highest BCUT2D eigenvalue weighted by Gasteiger charge is 2.19. The molecule has 1 rings (SSSR count). The molecule has 0 spiro atoms. The lowest BCUT2D eigenvalue weighted by Gasteiger charge is -1.77. The summed E-state index contributed by atoms with van der Waals surface area (Å²) in [6.45, 7) is 2.14. The van der Waals surface area contributed by atoms with Gasteiger partial charge in [0.1, 0.15) is 0 Å². The van der Waals surface area contributed by atoms with E-state index >= 15 is 0 Å². The Labute approximate surface area is 49.6 Å².